The monoisotopic (exact) mass is 325 g/mol. The first-order valence-corrected chi connectivity index (χ1v) is 8.13. The van der Waals surface area contributed by atoms with Gasteiger partial charge in [0.25, 0.3) is 0 Å². The fourth-order valence-corrected chi connectivity index (χ4v) is 2.86. The molecule has 1 heterocycles. The van der Waals surface area contributed by atoms with Gasteiger partial charge < -0.3 is 20.7 Å². The molecule has 0 bridgehead atoms. The molecule has 22 heavy (non-hydrogen) atoms. The van der Waals surface area contributed by atoms with Gasteiger partial charge in [0.15, 0.2) is 0 Å². The van der Waals surface area contributed by atoms with Crippen LogP contribution < -0.4 is 15.8 Å². The van der Waals surface area contributed by atoms with E-state index in [1.54, 1.807) is 12.1 Å². The highest BCUT2D eigenvalue weighted by Crippen LogP contribution is 2.32. The zero-order valence-corrected chi connectivity index (χ0v) is 13.8. The van der Waals surface area contributed by atoms with Gasteiger partial charge in [-0.2, -0.15) is 0 Å². The normalized spacial score (nSPS) is 15.5. The molecule has 1 saturated heterocycles. The maximum Gasteiger partial charge on any atom is 0.224 e. The summed E-state index contributed by atoms with van der Waals surface area (Å²) in [6.07, 6.45) is 5.22. The molecule has 122 valence electrons. The van der Waals surface area contributed by atoms with Gasteiger partial charge in [-0.15, -0.1) is 0 Å². The summed E-state index contributed by atoms with van der Waals surface area (Å²) in [7, 11) is 1.54. The molecule has 1 aromatic rings. The number of anilines is 2. The second-order valence-corrected chi connectivity index (χ2v) is 6.04. The molecule has 0 atom stereocenters. The maximum absolute atomic E-state index is 12.1. The highest BCUT2D eigenvalue weighted by molar-refractivity contribution is 6.33. The third-order valence-electron chi connectivity index (χ3n) is 3.92. The highest BCUT2D eigenvalue weighted by atomic mass is 35.5. The van der Waals surface area contributed by atoms with E-state index in [0.717, 1.165) is 26.1 Å². The first-order chi connectivity index (χ1) is 10.6. The SMILES string of the molecule is COc1cc(N)c(Cl)cc1NC(=O)CCCN1CCCCC1. The Kier molecular flexibility index (Phi) is 6.34. The van der Waals surface area contributed by atoms with Crippen LogP contribution in [0.15, 0.2) is 12.1 Å². The van der Waals surface area contributed by atoms with E-state index in [9.17, 15) is 4.79 Å². The Hall–Kier alpha value is -1.46. The van der Waals surface area contributed by atoms with Crippen LogP contribution in [-0.2, 0) is 4.79 Å². The number of nitrogens with one attached hydrogen (secondary N) is 1. The van der Waals surface area contributed by atoms with Crippen molar-refractivity contribution >= 4 is 28.9 Å². The Morgan fingerprint density at radius 2 is 2.09 bits per heavy atom. The Balaban J connectivity index is 1.82. The Morgan fingerprint density at radius 1 is 1.36 bits per heavy atom. The van der Waals surface area contributed by atoms with Crippen LogP contribution in [0.4, 0.5) is 11.4 Å². The predicted octanol–water partition coefficient (Wildman–Crippen LogP) is 3.14. The number of hydrogen-bond acceptors (Lipinski definition) is 4. The standard InChI is InChI=1S/C16H24ClN3O2/c1-22-15-11-13(18)12(17)10-14(15)19-16(21)6-5-9-20-7-3-2-4-8-20/h10-11H,2-9,18H2,1H3,(H,19,21). The lowest BCUT2D eigenvalue weighted by Gasteiger charge is -2.26. The van der Waals surface area contributed by atoms with Gasteiger partial charge in [-0.1, -0.05) is 18.0 Å². The first kappa shape index (κ1) is 16.9. The highest BCUT2D eigenvalue weighted by Gasteiger charge is 2.13. The molecule has 1 aliphatic heterocycles. The average molecular weight is 326 g/mol. The van der Waals surface area contributed by atoms with E-state index in [1.165, 1.54) is 26.4 Å². The number of ether oxygens (including phenoxy) is 1. The number of nitrogens with two attached hydrogens (primary N) is 1. The Morgan fingerprint density at radius 3 is 2.77 bits per heavy atom. The van der Waals surface area contributed by atoms with Gasteiger partial charge in [-0.25, -0.2) is 0 Å². The van der Waals surface area contributed by atoms with Crippen molar-refractivity contribution < 1.29 is 9.53 Å². The van der Waals surface area contributed by atoms with E-state index in [0.29, 0.717) is 28.6 Å². The minimum Gasteiger partial charge on any atom is -0.494 e. The number of amides is 1. The molecular formula is C16H24ClN3O2. The third kappa shape index (κ3) is 4.78. The van der Waals surface area contributed by atoms with Crippen LogP contribution in [0.5, 0.6) is 5.75 Å². The molecule has 0 saturated carbocycles. The zero-order chi connectivity index (χ0) is 15.9. The fraction of sp³-hybridized carbons (Fsp3) is 0.562. The molecule has 0 unspecified atom stereocenters. The molecule has 3 N–H and O–H groups in total. The molecule has 1 fully saturated rings. The lowest BCUT2D eigenvalue weighted by Crippen LogP contribution is -2.31. The van der Waals surface area contributed by atoms with Crippen LogP contribution in [0.3, 0.4) is 0 Å². The molecule has 0 aliphatic carbocycles. The number of halogens is 1. The molecule has 1 amide bonds. The average Bonchev–Trinajstić information content (AvgIpc) is 2.51. The van der Waals surface area contributed by atoms with E-state index in [4.69, 9.17) is 22.1 Å². The summed E-state index contributed by atoms with van der Waals surface area (Å²) in [5, 5.41) is 3.25. The van der Waals surface area contributed by atoms with Gasteiger partial charge in [-0.3, -0.25) is 4.79 Å². The summed E-state index contributed by atoms with van der Waals surface area (Å²) in [6.45, 7) is 3.29. The van der Waals surface area contributed by atoms with Crippen LogP contribution in [0.25, 0.3) is 0 Å². The van der Waals surface area contributed by atoms with Crippen LogP contribution >= 0.6 is 11.6 Å². The topological polar surface area (TPSA) is 67.6 Å². The number of methoxy groups -OCH3 is 1. The number of rotatable bonds is 6. The number of likely N-dealkylation sites (tertiary alicyclic amines) is 1. The quantitative estimate of drug-likeness (QED) is 0.788. The van der Waals surface area contributed by atoms with E-state index >= 15 is 0 Å². The molecule has 0 radical (unpaired) electrons. The zero-order valence-electron chi connectivity index (χ0n) is 13.0. The van der Waals surface area contributed by atoms with Crippen molar-refractivity contribution in [2.24, 2.45) is 0 Å². The minimum absolute atomic E-state index is 0.0313. The molecule has 0 spiro atoms. The number of piperidine rings is 1. The van der Waals surface area contributed by atoms with Gasteiger partial charge in [-0.05, 0) is 45.0 Å². The van der Waals surface area contributed by atoms with Crippen molar-refractivity contribution in [3.05, 3.63) is 17.2 Å². The summed E-state index contributed by atoms with van der Waals surface area (Å²) < 4.78 is 5.22. The lowest BCUT2D eigenvalue weighted by atomic mass is 10.1. The molecule has 1 aromatic carbocycles. The Labute approximate surface area is 136 Å². The minimum atomic E-state index is -0.0313. The molecule has 6 heteroatoms. The summed E-state index contributed by atoms with van der Waals surface area (Å²) >= 11 is 5.99. The first-order valence-electron chi connectivity index (χ1n) is 7.75. The number of nitrogens with zero attached hydrogens (tertiary/aromatic N) is 1. The maximum atomic E-state index is 12.1. The predicted molar refractivity (Wildman–Crippen MR) is 90.6 cm³/mol. The van der Waals surface area contributed by atoms with Crippen molar-refractivity contribution in [2.45, 2.75) is 32.1 Å². The molecule has 5 nitrogen and oxygen atoms in total. The smallest absolute Gasteiger partial charge is 0.224 e. The van der Waals surface area contributed by atoms with E-state index in [-0.39, 0.29) is 5.91 Å². The van der Waals surface area contributed by atoms with Crippen LogP contribution in [0, 0.1) is 0 Å². The fourth-order valence-electron chi connectivity index (χ4n) is 2.69. The second-order valence-electron chi connectivity index (χ2n) is 5.63. The van der Waals surface area contributed by atoms with Gasteiger partial charge in [0, 0.05) is 12.5 Å². The summed E-state index contributed by atoms with van der Waals surface area (Å²) in [5.74, 6) is 0.488. The number of nitrogen functional groups attached to an aromatic ring is 1. The van der Waals surface area contributed by atoms with Gasteiger partial charge in [0.05, 0.1) is 23.5 Å². The van der Waals surface area contributed by atoms with E-state index < -0.39 is 0 Å². The van der Waals surface area contributed by atoms with Crippen molar-refractivity contribution in [1.82, 2.24) is 4.90 Å². The van der Waals surface area contributed by atoms with Crippen LogP contribution in [0.1, 0.15) is 32.1 Å². The van der Waals surface area contributed by atoms with E-state index in [1.807, 2.05) is 0 Å². The largest absolute Gasteiger partial charge is 0.494 e. The van der Waals surface area contributed by atoms with Crippen LogP contribution in [-0.4, -0.2) is 37.6 Å². The summed E-state index contributed by atoms with van der Waals surface area (Å²) in [5.41, 5.74) is 6.72. The van der Waals surface area contributed by atoms with Crippen molar-refractivity contribution in [1.29, 1.82) is 0 Å². The summed E-state index contributed by atoms with van der Waals surface area (Å²) in [4.78, 5) is 14.5. The summed E-state index contributed by atoms with van der Waals surface area (Å²) in [6, 6.07) is 3.24. The van der Waals surface area contributed by atoms with Crippen molar-refractivity contribution in [2.75, 3.05) is 37.8 Å². The molecule has 2 rings (SSSR count). The van der Waals surface area contributed by atoms with Crippen molar-refractivity contribution in [3.63, 3.8) is 0 Å². The Bertz CT molecular complexity index is 516. The number of benzene rings is 1. The van der Waals surface area contributed by atoms with E-state index in [2.05, 4.69) is 10.2 Å². The third-order valence-corrected chi connectivity index (χ3v) is 4.25. The number of carbonyl (C=O) groups excluding carboxylic acids is 1. The van der Waals surface area contributed by atoms with Crippen LogP contribution in [0.2, 0.25) is 5.02 Å². The molecule has 1 aliphatic rings. The van der Waals surface area contributed by atoms with Gasteiger partial charge >= 0.3 is 0 Å². The molecular weight excluding hydrogens is 302 g/mol. The van der Waals surface area contributed by atoms with Gasteiger partial charge in [0.1, 0.15) is 5.75 Å². The lowest BCUT2D eigenvalue weighted by molar-refractivity contribution is -0.116. The number of hydrogen-bond donors (Lipinski definition) is 2. The molecule has 0 aromatic heterocycles. The van der Waals surface area contributed by atoms with Gasteiger partial charge in [0.2, 0.25) is 5.91 Å². The second kappa shape index (κ2) is 8.25. The van der Waals surface area contributed by atoms with Crippen molar-refractivity contribution in [3.8, 4) is 5.75 Å². The number of carbonyl (C=O) groups is 1.